The minimum absolute atomic E-state index is 0.00906. The number of nitriles is 1. The molecule has 0 fully saturated rings. The fourth-order valence-electron chi connectivity index (χ4n) is 0.923. The third-order valence-corrected chi connectivity index (χ3v) is 1.91. The quantitative estimate of drug-likeness (QED) is 0.669. The van der Waals surface area contributed by atoms with E-state index in [-0.39, 0.29) is 11.9 Å². The van der Waals surface area contributed by atoms with E-state index in [1.807, 2.05) is 25.8 Å². The average Bonchev–Trinajstić information content (AvgIpc) is 2.05. The molecule has 4 nitrogen and oxygen atoms in total. The summed E-state index contributed by atoms with van der Waals surface area (Å²) in [5.41, 5.74) is 0. The standard InChI is InChI=1S/C9H17N3O/c1-4-11-9(13)7-12(3)8(2)5-6-10/h8H,4-5,7H2,1-3H3,(H,11,13). The molecule has 1 unspecified atom stereocenters. The zero-order chi connectivity index (χ0) is 10.3. The zero-order valence-corrected chi connectivity index (χ0v) is 8.50. The number of nitrogens with zero attached hydrogens (tertiary/aromatic N) is 2. The van der Waals surface area contributed by atoms with Crippen molar-refractivity contribution in [3.8, 4) is 6.07 Å². The molecule has 0 aliphatic rings. The smallest absolute Gasteiger partial charge is 0.234 e. The highest BCUT2D eigenvalue weighted by atomic mass is 16.2. The SMILES string of the molecule is CCNC(=O)CN(C)C(C)CC#N. The Morgan fingerprint density at radius 1 is 1.69 bits per heavy atom. The van der Waals surface area contributed by atoms with Crippen LogP contribution in [0, 0.1) is 11.3 Å². The van der Waals surface area contributed by atoms with Crippen LogP contribution in [0.2, 0.25) is 0 Å². The van der Waals surface area contributed by atoms with Crippen molar-refractivity contribution in [1.82, 2.24) is 10.2 Å². The molecule has 0 aliphatic carbocycles. The summed E-state index contributed by atoms with van der Waals surface area (Å²) in [4.78, 5) is 13.0. The van der Waals surface area contributed by atoms with E-state index in [0.717, 1.165) is 0 Å². The summed E-state index contributed by atoms with van der Waals surface area (Å²) in [6.45, 7) is 4.83. The highest BCUT2D eigenvalue weighted by molar-refractivity contribution is 5.77. The molecule has 13 heavy (non-hydrogen) atoms. The summed E-state index contributed by atoms with van der Waals surface area (Å²) in [6, 6.07) is 2.21. The van der Waals surface area contributed by atoms with Gasteiger partial charge in [0.25, 0.3) is 0 Å². The Bertz CT molecular complexity index is 198. The maximum Gasteiger partial charge on any atom is 0.234 e. The molecule has 0 spiro atoms. The molecule has 0 saturated carbocycles. The van der Waals surface area contributed by atoms with Crippen LogP contribution in [0.1, 0.15) is 20.3 Å². The maximum absolute atomic E-state index is 11.1. The lowest BCUT2D eigenvalue weighted by Gasteiger charge is -2.21. The van der Waals surface area contributed by atoms with Crippen molar-refractivity contribution in [3.05, 3.63) is 0 Å². The second kappa shape index (κ2) is 6.44. The van der Waals surface area contributed by atoms with Crippen molar-refractivity contribution in [3.63, 3.8) is 0 Å². The molecule has 1 atom stereocenters. The van der Waals surface area contributed by atoms with Crippen molar-refractivity contribution < 1.29 is 4.79 Å². The molecule has 1 N–H and O–H groups in total. The van der Waals surface area contributed by atoms with Gasteiger partial charge in [-0.3, -0.25) is 9.69 Å². The van der Waals surface area contributed by atoms with E-state index in [0.29, 0.717) is 19.5 Å². The van der Waals surface area contributed by atoms with Crippen molar-refractivity contribution in [2.45, 2.75) is 26.3 Å². The highest BCUT2D eigenvalue weighted by Crippen LogP contribution is 1.98. The van der Waals surface area contributed by atoms with E-state index < -0.39 is 0 Å². The Kier molecular flexibility index (Phi) is 5.90. The highest BCUT2D eigenvalue weighted by Gasteiger charge is 2.11. The fourth-order valence-corrected chi connectivity index (χ4v) is 0.923. The molecule has 74 valence electrons. The van der Waals surface area contributed by atoms with Crippen LogP contribution in [0.15, 0.2) is 0 Å². The fraction of sp³-hybridized carbons (Fsp3) is 0.778. The predicted molar refractivity (Wildman–Crippen MR) is 51.0 cm³/mol. The molecule has 1 amide bonds. The maximum atomic E-state index is 11.1. The predicted octanol–water partition coefficient (Wildman–Crippen LogP) is 0.356. The van der Waals surface area contributed by atoms with Gasteiger partial charge in [-0.15, -0.1) is 0 Å². The molecule has 0 rings (SSSR count). The van der Waals surface area contributed by atoms with Crippen molar-refractivity contribution in [1.29, 1.82) is 5.26 Å². The summed E-state index contributed by atoms with van der Waals surface area (Å²) >= 11 is 0. The molecule has 0 bridgehead atoms. The molecular weight excluding hydrogens is 166 g/mol. The third-order valence-electron chi connectivity index (χ3n) is 1.91. The third kappa shape index (κ3) is 5.21. The minimum atomic E-state index is 0.00906. The van der Waals surface area contributed by atoms with Crippen molar-refractivity contribution in [2.75, 3.05) is 20.1 Å². The summed E-state index contributed by atoms with van der Waals surface area (Å²) < 4.78 is 0. The second-order valence-corrected chi connectivity index (χ2v) is 3.08. The Morgan fingerprint density at radius 3 is 2.77 bits per heavy atom. The van der Waals surface area contributed by atoms with Crippen LogP contribution in [-0.4, -0.2) is 37.0 Å². The molecule has 0 aliphatic heterocycles. The first-order chi connectivity index (χ1) is 6.11. The van der Waals surface area contributed by atoms with Crippen molar-refractivity contribution >= 4 is 5.91 Å². The topological polar surface area (TPSA) is 56.1 Å². The summed E-state index contributed by atoms with van der Waals surface area (Å²) in [5, 5.41) is 11.2. The number of nitrogens with one attached hydrogen (secondary N) is 1. The van der Waals surface area contributed by atoms with E-state index >= 15 is 0 Å². The number of amides is 1. The normalized spacial score (nSPS) is 12.2. The van der Waals surface area contributed by atoms with Gasteiger partial charge in [0, 0.05) is 12.6 Å². The summed E-state index contributed by atoms with van der Waals surface area (Å²) in [5.74, 6) is 0.00906. The Labute approximate surface area is 79.5 Å². The van der Waals surface area contributed by atoms with E-state index in [1.165, 1.54) is 0 Å². The van der Waals surface area contributed by atoms with Crippen LogP contribution in [0.4, 0.5) is 0 Å². The molecule has 0 heterocycles. The number of rotatable bonds is 5. The van der Waals surface area contributed by atoms with Crippen LogP contribution >= 0.6 is 0 Å². The lowest BCUT2D eigenvalue weighted by Crippen LogP contribution is -2.39. The van der Waals surface area contributed by atoms with Gasteiger partial charge >= 0.3 is 0 Å². The van der Waals surface area contributed by atoms with Gasteiger partial charge in [0.15, 0.2) is 0 Å². The van der Waals surface area contributed by atoms with E-state index in [1.54, 1.807) is 0 Å². The summed E-state index contributed by atoms with van der Waals surface area (Å²) in [7, 11) is 1.84. The van der Waals surface area contributed by atoms with E-state index in [9.17, 15) is 4.79 Å². The van der Waals surface area contributed by atoms with Crippen LogP contribution in [0.5, 0.6) is 0 Å². The zero-order valence-electron chi connectivity index (χ0n) is 8.50. The molecule has 0 aromatic heterocycles. The monoisotopic (exact) mass is 183 g/mol. The molecular formula is C9H17N3O. The first-order valence-electron chi connectivity index (χ1n) is 4.45. The van der Waals surface area contributed by atoms with Gasteiger partial charge in [0.05, 0.1) is 19.0 Å². The molecule has 0 aromatic carbocycles. The number of carbonyl (C=O) groups is 1. The Balaban J connectivity index is 3.79. The van der Waals surface area contributed by atoms with Gasteiger partial charge in [-0.25, -0.2) is 0 Å². The van der Waals surface area contributed by atoms with E-state index in [4.69, 9.17) is 5.26 Å². The molecule has 4 heteroatoms. The van der Waals surface area contributed by atoms with Gasteiger partial charge < -0.3 is 5.32 Å². The number of likely N-dealkylation sites (N-methyl/N-ethyl adjacent to an activating group) is 2. The Hall–Kier alpha value is -1.08. The lowest BCUT2D eigenvalue weighted by molar-refractivity contribution is -0.122. The Morgan fingerprint density at radius 2 is 2.31 bits per heavy atom. The first-order valence-corrected chi connectivity index (χ1v) is 4.45. The van der Waals surface area contributed by atoms with E-state index in [2.05, 4.69) is 11.4 Å². The number of carbonyl (C=O) groups excluding carboxylic acids is 1. The summed E-state index contributed by atoms with van der Waals surface area (Å²) in [6.07, 6.45) is 0.454. The number of hydrogen-bond acceptors (Lipinski definition) is 3. The first kappa shape index (κ1) is 11.9. The van der Waals surface area contributed by atoms with Gasteiger partial charge in [-0.1, -0.05) is 0 Å². The van der Waals surface area contributed by atoms with Gasteiger partial charge in [0.1, 0.15) is 0 Å². The second-order valence-electron chi connectivity index (χ2n) is 3.08. The van der Waals surface area contributed by atoms with Crippen molar-refractivity contribution in [2.24, 2.45) is 0 Å². The van der Waals surface area contributed by atoms with Crippen LogP contribution in [-0.2, 0) is 4.79 Å². The van der Waals surface area contributed by atoms with Crippen LogP contribution < -0.4 is 5.32 Å². The minimum Gasteiger partial charge on any atom is -0.355 e. The number of hydrogen-bond donors (Lipinski definition) is 1. The van der Waals surface area contributed by atoms with Crippen LogP contribution in [0.25, 0.3) is 0 Å². The average molecular weight is 183 g/mol. The van der Waals surface area contributed by atoms with Gasteiger partial charge in [0.2, 0.25) is 5.91 Å². The van der Waals surface area contributed by atoms with Crippen LogP contribution in [0.3, 0.4) is 0 Å². The molecule has 0 saturated heterocycles. The molecule has 0 radical (unpaired) electrons. The lowest BCUT2D eigenvalue weighted by atomic mass is 10.2. The van der Waals surface area contributed by atoms with Gasteiger partial charge in [-0.05, 0) is 20.9 Å². The largest absolute Gasteiger partial charge is 0.355 e. The molecule has 0 aromatic rings. The van der Waals surface area contributed by atoms with Gasteiger partial charge in [-0.2, -0.15) is 5.26 Å².